The van der Waals surface area contributed by atoms with Crippen molar-refractivity contribution in [3.8, 4) is 0 Å². The number of hydrogen-bond acceptors (Lipinski definition) is 6. The number of hydrogen-bond donors (Lipinski definition) is 1. The molecule has 0 radical (unpaired) electrons. The maximum absolute atomic E-state index is 12.0. The number of nitrogens with zero attached hydrogens (tertiary/aromatic N) is 5. The van der Waals surface area contributed by atoms with Gasteiger partial charge in [0.1, 0.15) is 0 Å². The third-order valence-corrected chi connectivity index (χ3v) is 4.31. The summed E-state index contributed by atoms with van der Waals surface area (Å²) in [5, 5.41) is 8.99. The number of hydrazone groups is 1. The SMILES string of the molecule is CC(=NNC(=O)CSc1nc2nc(C)cc(C)n2n1)c1ccccc1. The van der Waals surface area contributed by atoms with Gasteiger partial charge in [-0.1, -0.05) is 42.1 Å². The molecule has 128 valence electrons. The molecule has 2 heterocycles. The van der Waals surface area contributed by atoms with Crippen LogP contribution in [0.1, 0.15) is 23.9 Å². The first-order chi connectivity index (χ1) is 12.0. The molecule has 7 nitrogen and oxygen atoms in total. The third-order valence-electron chi connectivity index (χ3n) is 3.47. The lowest BCUT2D eigenvalue weighted by atomic mass is 10.1. The Bertz CT molecular complexity index is 935. The Hall–Kier alpha value is -2.74. The number of rotatable bonds is 5. The summed E-state index contributed by atoms with van der Waals surface area (Å²) in [6.07, 6.45) is 0. The van der Waals surface area contributed by atoms with Crippen LogP contribution in [0.5, 0.6) is 0 Å². The Kier molecular flexibility index (Phi) is 5.08. The van der Waals surface area contributed by atoms with Gasteiger partial charge < -0.3 is 0 Å². The number of thioether (sulfide) groups is 1. The van der Waals surface area contributed by atoms with E-state index in [1.54, 1.807) is 4.52 Å². The van der Waals surface area contributed by atoms with Crippen LogP contribution < -0.4 is 5.43 Å². The van der Waals surface area contributed by atoms with Gasteiger partial charge in [-0.2, -0.15) is 10.1 Å². The smallest absolute Gasteiger partial charge is 0.253 e. The standard InChI is InChI=1S/C17H18N6OS/c1-11-9-12(2)23-16(18-11)19-17(22-23)25-10-15(24)21-20-13(3)14-7-5-4-6-8-14/h4-9H,10H2,1-3H3,(H,21,24). The number of benzene rings is 1. The maximum atomic E-state index is 12.0. The molecule has 0 aliphatic carbocycles. The Morgan fingerprint density at radius 1 is 1.24 bits per heavy atom. The van der Waals surface area contributed by atoms with Gasteiger partial charge in [0.05, 0.1) is 11.5 Å². The number of nitrogens with one attached hydrogen (secondary N) is 1. The molecule has 1 amide bonds. The predicted octanol–water partition coefficient (Wildman–Crippen LogP) is 2.37. The van der Waals surface area contributed by atoms with Crippen LogP contribution in [-0.2, 0) is 4.79 Å². The summed E-state index contributed by atoms with van der Waals surface area (Å²) in [6, 6.07) is 11.6. The molecule has 0 bridgehead atoms. The lowest BCUT2D eigenvalue weighted by molar-refractivity contribution is -0.118. The van der Waals surface area contributed by atoms with Gasteiger partial charge in [0, 0.05) is 11.4 Å². The average Bonchev–Trinajstić information content (AvgIpc) is 3.02. The van der Waals surface area contributed by atoms with E-state index in [4.69, 9.17) is 0 Å². The van der Waals surface area contributed by atoms with Crippen molar-refractivity contribution in [3.05, 3.63) is 53.3 Å². The van der Waals surface area contributed by atoms with Gasteiger partial charge in [0.2, 0.25) is 5.16 Å². The fourth-order valence-corrected chi connectivity index (χ4v) is 2.87. The molecule has 0 saturated carbocycles. The van der Waals surface area contributed by atoms with E-state index in [1.807, 2.05) is 57.2 Å². The summed E-state index contributed by atoms with van der Waals surface area (Å²) >= 11 is 1.25. The number of aryl methyl sites for hydroxylation is 2. The first-order valence-corrected chi connectivity index (χ1v) is 8.74. The zero-order valence-electron chi connectivity index (χ0n) is 14.2. The Morgan fingerprint density at radius 2 is 2.00 bits per heavy atom. The lowest BCUT2D eigenvalue weighted by Crippen LogP contribution is -2.21. The van der Waals surface area contributed by atoms with Crippen LogP contribution in [0, 0.1) is 13.8 Å². The number of carbonyl (C=O) groups excluding carboxylic acids is 1. The van der Waals surface area contributed by atoms with Crippen molar-refractivity contribution in [1.82, 2.24) is 25.0 Å². The van der Waals surface area contributed by atoms with Gasteiger partial charge in [-0.15, -0.1) is 5.10 Å². The van der Waals surface area contributed by atoms with Gasteiger partial charge in [0.25, 0.3) is 11.7 Å². The van der Waals surface area contributed by atoms with Gasteiger partial charge in [-0.25, -0.2) is 14.9 Å². The Labute approximate surface area is 149 Å². The molecule has 0 fully saturated rings. The van der Waals surface area contributed by atoms with Crippen molar-refractivity contribution < 1.29 is 4.79 Å². The van der Waals surface area contributed by atoms with Crippen LogP contribution in [0.15, 0.2) is 46.7 Å². The van der Waals surface area contributed by atoms with Crippen molar-refractivity contribution in [3.63, 3.8) is 0 Å². The van der Waals surface area contributed by atoms with E-state index in [1.165, 1.54) is 11.8 Å². The molecule has 0 spiro atoms. The number of amides is 1. The Morgan fingerprint density at radius 3 is 2.76 bits per heavy atom. The monoisotopic (exact) mass is 354 g/mol. The summed E-state index contributed by atoms with van der Waals surface area (Å²) in [4.78, 5) is 20.6. The highest BCUT2D eigenvalue weighted by atomic mass is 32.2. The van der Waals surface area contributed by atoms with Crippen LogP contribution in [0.3, 0.4) is 0 Å². The highest BCUT2D eigenvalue weighted by Gasteiger charge is 2.10. The lowest BCUT2D eigenvalue weighted by Gasteiger charge is -2.01. The molecular formula is C17H18N6OS. The molecule has 0 saturated heterocycles. The molecule has 1 N–H and O–H groups in total. The second kappa shape index (κ2) is 7.43. The van der Waals surface area contributed by atoms with Crippen LogP contribution in [0.2, 0.25) is 0 Å². The minimum absolute atomic E-state index is 0.181. The third kappa shape index (κ3) is 4.21. The minimum atomic E-state index is -0.208. The highest BCUT2D eigenvalue weighted by molar-refractivity contribution is 7.99. The molecule has 2 aromatic heterocycles. The largest absolute Gasteiger partial charge is 0.272 e. The fourth-order valence-electron chi connectivity index (χ4n) is 2.26. The van der Waals surface area contributed by atoms with Gasteiger partial charge in [0.15, 0.2) is 0 Å². The predicted molar refractivity (Wildman–Crippen MR) is 97.8 cm³/mol. The summed E-state index contributed by atoms with van der Waals surface area (Å²) < 4.78 is 1.67. The first-order valence-electron chi connectivity index (χ1n) is 7.75. The summed E-state index contributed by atoms with van der Waals surface area (Å²) in [6.45, 7) is 5.71. The Balaban J connectivity index is 1.60. The molecule has 3 aromatic rings. The normalized spacial score (nSPS) is 11.7. The van der Waals surface area contributed by atoms with Crippen LogP contribution in [0.25, 0.3) is 5.78 Å². The zero-order chi connectivity index (χ0) is 17.8. The second-order valence-corrected chi connectivity index (χ2v) is 6.47. The summed E-state index contributed by atoms with van der Waals surface area (Å²) in [5.74, 6) is 0.513. The van der Waals surface area contributed by atoms with Crippen LogP contribution >= 0.6 is 11.8 Å². The molecule has 1 aromatic carbocycles. The first kappa shape index (κ1) is 17.1. The summed E-state index contributed by atoms with van der Waals surface area (Å²) in [7, 11) is 0. The number of carbonyl (C=O) groups is 1. The van der Waals surface area contributed by atoms with E-state index in [-0.39, 0.29) is 11.7 Å². The highest BCUT2D eigenvalue weighted by Crippen LogP contribution is 2.15. The van der Waals surface area contributed by atoms with E-state index in [2.05, 4.69) is 25.6 Å². The molecule has 0 atom stereocenters. The van der Waals surface area contributed by atoms with Crippen molar-refractivity contribution in [1.29, 1.82) is 0 Å². The molecular weight excluding hydrogens is 336 g/mol. The van der Waals surface area contributed by atoms with Crippen molar-refractivity contribution in [2.45, 2.75) is 25.9 Å². The zero-order valence-corrected chi connectivity index (χ0v) is 15.0. The fraction of sp³-hybridized carbons (Fsp3) is 0.235. The molecule has 8 heteroatoms. The van der Waals surface area contributed by atoms with Crippen LogP contribution in [-0.4, -0.2) is 37.0 Å². The minimum Gasteiger partial charge on any atom is -0.272 e. The van der Waals surface area contributed by atoms with Gasteiger partial charge in [-0.05, 0) is 32.4 Å². The van der Waals surface area contributed by atoms with Crippen molar-refractivity contribution in [2.24, 2.45) is 5.10 Å². The van der Waals surface area contributed by atoms with Gasteiger partial charge >= 0.3 is 0 Å². The van der Waals surface area contributed by atoms with Crippen LogP contribution in [0.4, 0.5) is 0 Å². The van der Waals surface area contributed by atoms with Crippen molar-refractivity contribution >= 4 is 29.2 Å². The topological polar surface area (TPSA) is 84.5 Å². The number of fused-ring (bicyclic) bond motifs is 1. The van der Waals surface area contributed by atoms with E-state index in [9.17, 15) is 4.79 Å². The quantitative estimate of drug-likeness (QED) is 0.432. The molecule has 0 aliphatic rings. The molecule has 25 heavy (non-hydrogen) atoms. The average molecular weight is 354 g/mol. The molecule has 0 unspecified atom stereocenters. The molecule has 0 aliphatic heterocycles. The van der Waals surface area contributed by atoms with E-state index < -0.39 is 0 Å². The second-order valence-electron chi connectivity index (χ2n) is 5.53. The van der Waals surface area contributed by atoms with E-state index in [0.29, 0.717) is 10.9 Å². The molecule has 3 rings (SSSR count). The van der Waals surface area contributed by atoms with Gasteiger partial charge in [-0.3, -0.25) is 4.79 Å². The van der Waals surface area contributed by atoms with E-state index in [0.717, 1.165) is 22.7 Å². The summed E-state index contributed by atoms with van der Waals surface area (Å²) in [5.41, 5.74) is 6.11. The maximum Gasteiger partial charge on any atom is 0.253 e. The number of aromatic nitrogens is 4. The van der Waals surface area contributed by atoms with E-state index >= 15 is 0 Å². The van der Waals surface area contributed by atoms with Crippen molar-refractivity contribution in [2.75, 3.05) is 5.75 Å².